The Kier molecular flexibility index (Phi) is 13.8. The van der Waals surface area contributed by atoms with Crippen LogP contribution in [-0.4, -0.2) is 221 Å². The van der Waals surface area contributed by atoms with Crippen LogP contribution in [0.3, 0.4) is 0 Å². The van der Waals surface area contributed by atoms with Gasteiger partial charge >= 0.3 is 0 Å². The van der Waals surface area contributed by atoms with Crippen molar-refractivity contribution < 1.29 is 104 Å². The number of aliphatic hydroxyl groups excluding tert-OH is 13. The van der Waals surface area contributed by atoms with Crippen molar-refractivity contribution in [1.82, 2.24) is 5.32 Å². The van der Waals surface area contributed by atoms with Crippen molar-refractivity contribution in [2.75, 3.05) is 26.4 Å². The van der Waals surface area contributed by atoms with E-state index in [0.717, 1.165) is 6.92 Å². The Morgan fingerprint density at radius 1 is 0.542 bits per heavy atom. The van der Waals surface area contributed by atoms with Crippen LogP contribution in [0.1, 0.15) is 6.92 Å². The van der Waals surface area contributed by atoms with Crippen LogP contribution in [0.5, 0.6) is 0 Å². The van der Waals surface area contributed by atoms with Crippen LogP contribution < -0.4 is 5.32 Å². The monoisotopic (exact) mass is 707 g/mol. The highest BCUT2D eigenvalue weighted by atomic mass is 16.8. The quantitative estimate of drug-likeness (QED) is 0.0947. The van der Waals surface area contributed by atoms with Crippen molar-refractivity contribution in [2.45, 2.75) is 130 Å². The van der Waals surface area contributed by atoms with Crippen LogP contribution >= 0.6 is 0 Å². The zero-order valence-corrected chi connectivity index (χ0v) is 25.5. The Morgan fingerprint density at radius 2 is 1.04 bits per heavy atom. The van der Waals surface area contributed by atoms with Crippen LogP contribution in [0, 0.1) is 0 Å². The molecule has 4 heterocycles. The van der Waals surface area contributed by atoms with E-state index >= 15 is 0 Å². The summed E-state index contributed by atoms with van der Waals surface area (Å²) >= 11 is 0. The van der Waals surface area contributed by atoms with Crippen molar-refractivity contribution in [3.05, 3.63) is 0 Å². The van der Waals surface area contributed by atoms with Gasteiger partial charge in [0.25, 0.3) is 0 Å². The lowest BCUT2D eigenvalue weighted by atomic mass is 9.94. The van der Waals surface area contributed by atoms with Gasteiger partial charge in [-0.2, -0.15) is 0 Å². The van der Waals surface area contributed by atoms with E-state index in [9.17, 15) is 71.2 Å². The summed E-state index contributed by atoms with van der Waals surface area (Å²) in [6.45, 7) is -2.16. The molecule has 14 N–H and O–H groups in total. The second kappa shape index (κ2) is 16.8. The summed E-state index contributed by atoms with van der Waals surface area (Å²) in [5.74, 6) is -0.748. The molecule has 4 rings (SSSR count). The zero-order valence-electron chi connectivity index (χ0n) is 25.5. The van der Waals surface area contributed by atoms with E-state index in [1.54, 1.807) is 0 Å². The van der Waals surface area contributed by atoms with Crippen molar-refractivity contribution in [3.8, 4) is 0 Å². The summed E-state index contributed by atoms with van der Waals surface area (Å²) < 4.78 is 38.8. The average molecular weight is 708 g/mol. The molecule has 22 nitrogen and oxygen atoms in total. The third-order valence-corrected chi connectivity index (χ3v) is 8.59. The minimum Gasteiger partial charge on any atom is -0.394 e. The summed E-state index contributed by atoms with van der Waals surface area (Å²) in [4.78, 5) is 12.2. The smallest absolute Gasteiger partial charge is 0.217 e. The molecule has 1 amide bonds. The second-order valence-corrected chi connectivity index (χ2v) is 11.9. The van der Waals surface area contributed by atoms with E-state index in [0.29, 0.717) is 0 Å². The maximum Gasteiger partial charge on any atom is 0.217 e. The summed E-state index contributed by atoms with van der Waals surface area (Å²) in [5.41, 5.74) is 0. The lowest BCUT2D eigenvalue weighted by Gasteiger charge is -2.49. The molecule has 0 radical (unpaired) electrons. The third kappa shape index (κ3) is 8.24. The van der Waals surface area contributed by atoms with Gasteiger partial charge in [-0.05, 0) is 0 Å². The fourth-order valence-electron chi connectivity index (χ4n) is 5.82. The Bertz CT molecular complexity index is 1030. The van der Waals surface area contributed by atoms with Gasteiger partial charge in [-0.25, -0.2) is 0 Å². The molecule has 0 saturated carbocycles. The fraction of sp³-hybridized carbons (Fsp3) is 0.962. The van der Waals surface area contributed by atoms with E-state index in [2.05, 4.69) is 5.32 Å². The number of rotatable bonds is 11. The van der Waals surface area contributed by atoms with Gasteiger partial charge in [0, 0.05) is 6.92 Å². The first-order chi connectivity index (χ1) is 22.6. The molecule has 0 unspecified atom stereocenters. The highest BCUT2D eigenvalue weighted by Crippen LogP contribution is 2.33. The molecule has 0 spiro atoms. The number of nitrogens with one attached hydrogen (secondary N) is 1. The Hall–Kier alpha value is -1.33. The van der Waals surface area contributed by atoms with E-state index < -0.39 is 155 Å². The van der Waals surface area contributed by atoms with Gasteiger partial charge in [0.15, 0.2) is 25.2 Å². The molecule has 4 saturated heterocycles. The molecule has 0 aliphatic carbocycles. The zero-order chi connectivity index (χ0) is 35.6. The largest absolute Gasteiger partial charge is 0.394 e. The summed E-state index contributed by atoms with van der Waals surface area (Å²) in [6, 6.07) is -1.60. The maximum atomic E-state index is 12.2. The Labute approximate surface area is 272 Å². The van der Waals surface area contributed by atoms with Gasteiger partial charge in [-0.1, -0.05) is 0 Å². The van der Waals surface area contributed by atoms with E-state index in [4.69, 9.17) is 33.2 Å². The van der Waals surface area contributed by atoms with Gasteiger partial charge in [-0.3, -0.25) is 4.79 Å². The summed E-state index contributed by atoms with van der Waals surface area (Å²) in [5, 5.41) is 135. The van der Waals surface area contributed by atoms with E-state index in [1.165, 1.54) is 0 Å². The number of carbonyl (C=O) groups is 1. The van der Waals surface area contributed by atoms with Gasteiger partial charge < -0.3 is 105 Å². The average Bonchev–Trinajstić information content (AvgIpc) is 3.06. The van der Waals surface area contributed by atoms with E-state index in [-0.39, 0.29) is 0 Å². The highest BCUT2D eigenvalue weighted by molar-refractivity contribution is 5.73. The van der Waals surface area contributed by atoms with Crippen molar-refractivity contribution in [1.29, 1.82) is 0 Å². The summed E-state index contributed by atoms with van der Waals surface area (Å²) in [7, 11) is 0. The van der Waals surface area contributed by atoms with Crippen LogP contribution in [-0.2, 0) is 38.0 Å². The molecule has 0 aromatic rings. The molecule has 4 fully saturated rings. The second-order valence-electron chi connectivity index (χ2n) is 11.9. The molecule has 0 aromatic heterocycles. The number of ether oxygens (including phenoxy) is 7. The topological polar surface area (TPSA) is 357 Å². The minimum absolute atomic E-state index is 0.689. The third-order valence-electron chi connectivity index (χ3n) is 8.59. The fourth-order valence-corrected chi connectivity index (χ4v) is 5.82. The number of hydrogen-bond donors (Lipinski definition) is 14. The van der Waals surface area contributed by atoms with Crippen molar-refractivity contribution in [3.63, 3.8) is 0 Å². The first kappa shape index (κ1) is 39.5. The molecule has 280 valence electrons. The van der Waals surface area contributed by atoms with Crippen LogP contribution in [0.2, 0.25) is 0 Å². The molecular formula is C26H45NO21. The van der Waals surface area contributed by atoms with Crippen LogP contribution in [0.25, 0.3) is 0 Å². The first-order valence-corrected chi connectivity index (χ1v) is 15.1. The minimum atomic E-state index is -1.93. The van der Waals surface area contributed by atoms with Crippen molar-refractivity contribution >= 4 is 5.91 Å². The lowest BCUT2D eigenvalue weighted by Crippen LogP contribution is -2.69. The number of aliphatic hydroxyl groups is 13. The van der Waals surface area contributed by atoms with Crippen LogP contribution in [0.15, 0.2) is 0 Å². The molecule has 0 aromatic carbocycles. The lowest BCUT2D eigenvalue weighted by molar-refractivity contribution is -0.375. The molecule has 22 heteroatoms. The summed E-state index contributed by atoms with van der Waals surface area (Å²) in [6.07, 6.45) is -33.1. The molecule has 20 atom stereocenters. The molecule has 4 aliphatic rings. The predicted molar refractivity (Wildman–Crippen MR) is 145 cm³/mol. The number of hydrogen-bond acceptors (Lipinski definition) is 21. The number of amides is 1. The highest BCUT2D eigenvalue weighted by Gasteiger charge is 2.54. The molecular weight excluding hydrogens is 662 g/mol. The number of carbonyl (C=O) groups excluding carboxylic acids is 1. The van der Waals surface area contributed by atoms with Gasteiger partial charge in [0.2, 0.25) is 5.91 Å². The standard InChI is InChI=1S/C26H45NO21/c1-6(31)27-11-15(35)21(47-25-20(40)17(37)12(32)7(2-28)44-25)9(4-30)46-24(11)48-22-18(38)13(33)8(3-29)45-26(22)42-5-10-14(34)16(36)19(39)23(41)43-10/h7-26,28-30,32-41H,2-5H2,1H3,(H,27,31)/t7-,8-,9-,10-,11-,12+,13-,14-,15-,16+,17+,18+,19+,20-,21-,22+,23+,24-,25-,26+/m1/s1. The first-order valence-electron chi connectivity index (χ1n) is 15.1. The van der Waals surface area contributed by atoms with Gasteiger partial charge in [-0.15, -0.1) is 0 Å². The van der Waals surface area contributed by atoms with E-state index in [1.807, 2.05) is 0 Å². The Balaban J connectivity index is 1.55. The van der Waals surface area contributed by atoms with Crippen molar-refractivity contribution in [2.24, 2.45) is 0 Å². The predicted octanol–water partition coefficient (Wildman–Crippen LogP) is -9.61. The van der Waals surface area contributed by atoms with Crippen LogP contribution in [0.4, 0.5) is 0 Å². The van der Waals surface area contributed by atoms with Gasteiger partial charge in [0.05, 0.1) is 26.4 Å². The molecule has 4 aliphatic heterocycles. The molecule has 0 bridgehead atoms. The molecule has 48 heavy (non-hydrogen) atoms. The normalized spacial score (nSPS) is 50.2. The van der Waals surface area contributed by atoms with Gasteiger partial charge in [0.1, 0.15) is 97.6 Å². The Morgan fingerprint density at radius 3 is 1.62 bits per heavy atom. The maximum absolute atomic E-state index is 12.2. The SMILES string of the molecule is CC(=O)N[C@H]1[C@@H](O[C@@H]2[C@@H](OC[C@H]3O[C@H](O)[C@@H](O)[C@@H](O)[C@@H]3O)O[C@H](CO)[C@@H](O)[C@@H]2O)O[C@H](CO)[C@@H](O[C@H]2O[C@H](CO)[C@H](O)[C@H](O)[C@H]2O)[C@@H]1O.